The number of likely N-dealkylation sites (tertiary alicyclic amines) is 2. The number of aliphatic hydroxyl groups excluding tert-OH is 1. The summed E-state index contributed by atoms with van der Waals surface area (Å²) in [6.45, 7) is 3.60. The number of rotatable bonds is 4. The molecule has 3 atom stereocenters. The van der Waals surface area contributed by atoms with E-state index in [2.05, 4.69) is 5.73 Å². The molecule has 0 radical (unpaired) electrons. The Balaban J connectivity index is 1.34. The average Bonchev–Trinajstić information content (AvgIpc) is 3.11. The fourth-order valence-corrected chi connectivity index (χ4v) is 4.45. The lowest BCUT2D eigenvalue weighted by Gasteiger charge is -2.36. The van der Waals surface area contributed by atoms with Crippen LogP contribution in [0.25, 0.3) is 0 Å². The van der Waals surface area contributed by atoms with E-state index < -0.39 is 6.17 Å². The van der Waals surface area contributed by atoms with Crippen molar-refractivity contribution >= 4 is 5.91 Å². The summed E-state index contributed by atoms with van der Waals surface area (Å²) < 4.78 is 28.7. The van der Waals surface area contributed by atoms with Gasteiger partial charge in [-0.1, -0.05) is 12.1 Å². The van der Waals surface area contributed by atoms with Gasteiger partial charge in [0.15, 0.2) is 0 Å². The van der Waals surface area contributed by atoms with Crippen LogP contribution in [0.2, 0.25) is 0 Å². The van der Waals surface area contributed by atoms with Crippen LogP contribution in [0.15, 0.2) is 59.6 Å². The lowest BCUT2D eigenvalue weighted by molar-refractivity contribution is -0.133. The molecule has 1 aliphatic carbocycles. The molecule has 0 bridgehead atoms. The highest BCUT2D eigenvalue weighted by Crippen LogP contribution is 2.28. The van der Waals surface area contributed by atoms with E-state index in [1.54, 1.807) is 42.2 Å². The van der Waals surface area contributed by atoms with Gasteiger partial charge >= 0.3 is 0 Å². The maximum atomic E-state index is 14.9. The fraction of sp³-hybridized carbons (Fsp3) is 0.440. The van der Waals surface area contributed by atoms with E-state index in [1.807, 2.05) is 11.0 Å². The molecule has 1 amide bonds. The second-order valence-electron chi connectivity index (χ2n) is 8.61. The minimum Gasteiger partial charge on any atom is -0.508 e. The number of aliphatic hydroxyl groups is 1. The number of halogens is 2. The summed E-state index contributed by atoms with van der Waals surface area (Å²) >= 11 is 0. The van der Waals surface area contributed by atoms with Gasteiger partial charge < -0.3 is 10.0 Å². The van der Waals surface area contributed by atoms with E-state index >= 15 is 0 Å². The van der Waals surface area contributed by atoms with Crippen molar-refractivity contribution in [3.05, 3.63) is 76.5 Å². The number of hydrogen-bond acceptors (Lipinski definition) is 3. The molecule has 31 heavy (non-hydrogen) atoms. The normalized spacial score (nSPS) is 26.7. The number of allylic oxidation sites excluding steroid dienone is 4. The molecule has 1 N–H and O–H groups in total. The summed E-state index contributed by atoms with van der Waals surface area (Å²) in [4.78, 5) is 16.6. The average molecular weight is 427 g/mol. The van der Waals surface area contributed by atoms with Gasteiger partial charge in [-0.15, -0.1) is 5.73 Å². The van der Waals surface area contributed by atoms with Gasteiger partial charge in [0.2, 0.25) is 5.91 Å². The molecule has 2 fully saturated rings. The number of aryl methyl sites for hydroxylation is 1. The van der Waals surface area contributed by atoms with Crippen LogP contribution >= 0.6 is 0 Å². The SMILES string of the molecule is Cc1ccc(CN2CCC(N3CCC(C=C=C4C=CC(O)=CC4)C(F)C3)C2=O)cc1F. The van der Waals surface area contributed by atoms with Crippen molar-refractivity contribution < 1.29 is 18.7 Å². The maximum absolute atomic E-state index is 14.9. The van der Waals surface area contributed by atoms with Crippen molar-refractivity contribution in [1.82, 2.24) is 9.80 Å². The first-order valence-corrected chi connectivity index (χ1v) is 10.9. The Morgan fingerprint density at radius 3 is 2.81 bits per heavy atom. The zero-order valence-corrected chi connectivity index (χ0v) is 17.7. The first-order chi connectivity index (χ1) is 14.9. The number of carbonyl (C=O) groups excluding carboxylic acids is 1. The van der Waals surface area contributed by atoms with Crippen LogP contribution in [0, 0.1) is 18.7 Å². The molecule has 3 unspecified atom stereocenters. The minimum atomic E-state index is -1.05. The van der Waals surface area contributed by atoms with Gasteiger partial charge in [-0.05, 0) is 73.4 Å². The van der Waals surface area contributed by atoms with Crippen LogP contribution in [-0.2, 0) is 11.3 Å². The third-order valence-corrected chi connectivity index (χ3v) is 6.41. The molecule has 2 heterocycles. The number of benzene rings is 1. The van der Waals surface area contributed by atoms with E-state index in [4.69, 9.17) is 0 Å². The Kier molecular flexibility index (Phi) is 6.40. The fourth-order valence-electron chi connectivity index (χ4n) is 4.45. The summed E-state index contributed by atoms with van der Waals surface area (Å²) in [6.07, 6.45) is 7.75. The van der Waals surface area contributed by atoms with E-state index in [0.717, 1.165) is 11.1 Å². The Bertz CT molecular complexity index is 978. The molecule has 1 aromatic rings. The molecular formula is C25H28F2N2O2. The van der Waals surface area contributed by atoms with Gasteiger partial charge in [0.05, 0.1) is 6.04 Å². The van der Waals surface area contributed by atoms with E-state index in [1.165, 1.54) is 6.07 Å². The lowest BCUT2D eigenvalue weighted by atomic mass is 9.93. The molecular weight excluding hydrogens is 398 g/mol. The van der Waals surface area contributed by atoms with Gasteiger partial charge in [0.1, 0.15) is 17.7 Å². The first kappa shape index (κ1) is 21.5. The lowest BCUT2D eigenvalue weighted by Crippen LogP contribution is -2.49. The van der Waals surface area contributed by atoms with Gasteiger partial charge in [-0.3, -0.25) is 9.69 Å². The number of carbonyl (C=O) groups is 1. The predicted molar refractivity (Wildman–Crippen MR) is 116 cm³/mol. The number of piperidine rings is 1. The first-order valence-electron chi connectivity index (χ1n) is 10.9. The van der Waals surface area contributed by atoms with Crippen LogP contribution in [0.1, 0.15) is 30.4 Å². The van der Waals surface area contributed by atoms with Gasteiger partial charge in [0.25, 0.3) is 0 Å². The highest BCUT2D eigenvalue weighted by molar-refractivity contribution is 5.84. The maximum Gasteiger partial charge on any atom is 0.240 e. The van der Waals surface area contributed by atoms with Crippen LogP contribution in [-0.4, -0.2) is 52.7 Å². The van der Waals surface area contributed by atoms with Crippen molar-refractivity contribution in [1.29, 1.82) is 0 Å². The van der Waals surface area contributed by atoms with Crippen molar-refractivity contribution in [2.75, 3.05) is 19.6 Å². The molecule has 0 aromatic heterocycles. The Morgan fingerprint density at radius 1 is 1.26 bits per heavy atom. The standard InChI is InChI=1S/C25H28F2N2O2/c1-17-2-3-19(14-22(17)26)15-29-13-11-24(25(29)31)28-12-10-20(23(27)16-28)7-4-18-5-8-21(30)9-6-18/h2-3,5,7-9,14,20,23-24,30H,6,10-13,15-16H2,1H3. The van der Waals surface area contributed by atoms with Gasteiger partial charge in [-0.25, -0.2) is 8.78 Å². The van der Waals surface area contributed by atoms with E-state index in [0.29, 0.717) is 44.5 Å². The summed E-state index contributed by atoms with van der Waals surface area (Å²) in [5, 5.41) is 9.37. The summed E-state index contributed by atoms with van der Waals surface area (Å²) in [6, 6.07) is 4.76. The zero-order valence-electron chi connectivity index (χ0n) is 17.7. The third kappa shape index (κ3) is 4.97. The predicted octanol–water partition coefficient (Wildman–Crippen LogP) is 4.38. The molecule has 164 valence electrons. The smallest absolute Gasteiger partial charge is 0.240 e. The molecule has 6 heteroatoms. The highest BCUT2D eigenvalue weighted by atomic mass is 19.1. The monoisotopic (exact) mass is 426 g/mol. The molecule has 3 aliphatic rings. The molecule has 0 saturated carbocycles. The molecule has 2 aliphatic heterocycles. The van der Waals surface area contributed by atoms with E-state index in [-0.39, 0.29) is 36.0 Å². The molecule has 4 rings (SSSR count). The highest BCUT2D eigenvalue weighted by Gasteiger charge is 2.39. The quantitative estimate of drug-likeness (QED) is 0.727. The van der Waals surface area contributed by atoms with Crippen LogP contribution < -0.4 is 0 Å². The largest absolute Gasteiger partial charge is 0.508 e. The van der Waals surface area contributed by atoms with Gasteiger partial charge in [0, 0.05) is 32.0 Å². The second-order valence-corrected chi connectivity index (χ2v) is 8.61. The molecule has 2 saturated heterocycles. The number of alkyl halides is 1. The number of hydrogen-bond donors (Lipinski definition) is 1. The summed E-state index contributed by atoms with van der Waals surface area (Å²) in [5.41, 5.74) is 5.44. The molecule has 1 aromatic carbocycles. The van der Waals surface area contributed by atoms with Crippen LogP contribution in [0.3, 0.4) is 0 Å². The van der Waals surface area contributed by atoms with Crippen molar-refractivity contribution in [3.63, 3.8) is 0 Å². The second kappa shape index (κ2) is 9.21. The Labute approximate surface area is 181 Å². The molecule has 4 nitrogen and oxygen atoms in total. The zero-order chi connectivity index (χ0) is 22.0. The number of nitrogens with zero attached hydrogens (tertiary/aromatic N) is 2. The van der Waals surface area contributed by atoms with E-state index in [9.17, 15) is 18.7 Å². The van der Waals surface area contributed by atoms with Crippen LogP contribution in [0.4, 0.5) is 8.78 Å². The summed E-state index contributed by atoms with van der Waals surface area (Å²) in [5.74, 6) is -0.240. The van der Waals surface area contributed by atoms with Crippen LogP contribution in [0.5, 0.6) is 0 Å². The van der Waals surface area contributed by atoms with Crippen molar-refractivity contribution in [2.24, 2.45) is 5.92 Å². The third-order valence-electron chi connectivity index (χ3n) is 6.41. The topological polar surface area (TPSA) is 43.8 Å². The number of amides is 1. The van der Waals surface area contributed by atoms with Crippen molar-refractivity contribution in [3.8, 4) is 0 Å². The Morgan fingerprint density at radius 2 is 2.10 bits per heavy atom. The van der Waals surface area contributed by atoms with Gasteiger partial charge in [-0.2, -0.15) is 0 Å². The Hall–Kier alpha value is -2.69. The summed E-state index contributed by atoms with van der Waals surface area (Å²) in [7, 11) is 0. The van der Waals surface area contributed by atoms with Crippen molar-refractivity contribution in [2.45, 2.75) is 44.9 Å². The molecule has 0 spiro atoms. The minimum absolute atomic E-state index is 0.00299.